The van der Waals surface area contributed by atoms with E-state index in [1.54, 1.807) is 22.6 Å². The van der Waals surface area contributed by atoms with E-state index in [2.05, 4.69) is 20.9 Å². The second-order valence-corrected chi connectivity index (χ2v) is 3.94. The Kier molecular flexibility index (Phi) is 3.55. The van der Waals surface area contributed by atoms with Crippen LogP contribution in [0.5, 0.6) is 0 Å². The molecule has 1 heterocycles. The molecular formula is C7H2BrF2IN2. The van der Waals surface area contributed by atoms with Gasteiger partial charge in [-0.05, 0) is 38.5 Å². The zero-order valence-corrected chi connectivity index (χ0v) is 9.80. The molecule has 0 bridgehead atoms. The SMILES string of the molecule is N#Cc1c(Br)ncc(C(F)F)c1I. The first-order valence-corrected chi connectivity index (χ1v) is 4.97. The van der Waals surface area contributed by atoms with E-state index in [9.17, 15) is 8.78 Å². The molecule has 0 radical (unpaired) electrons. The zero-order chi connectivity index (χ0) is 10.0. The van der Waals surface area contributed by atoms with Gasteiger partial charge < -0.3 is 0 Å². The van der Waals surface area contributed by atoms with E-state index in [1.807, 2.05) is 6.07 Å². The third kappa shape index (κ3) is 2.14. The van der Waals surface area contributed by atoms with Crippen molar-refractivity contribution >= 4 is 38.5 Å². The number of nitriles is 1. The minimum Gasteiger partial charge on any atom is -0.247 e. The van der Waals surface area contributed by atoms with Crippen LogP contribution in [0.1, 0.15) is 17.6 Å². The van der Waals surface area contributed by atoms with Gasteiger partial charge in [-0.2, -0.15) is 5.26 Å². The summed E-state index contributed by atoms with van der Waals surface area (Å²) in [5, 5.41) is 8.64. The van der Waals surface area contributed by atoms with Crippen LogP contribution in [0.15, 0.2) is 10.8 Å². The summed E-state index contributed by atoms with van der Waals surface area (Å²) in [6.45, 7) is 0. The minimum absolute atomic E-state index is 0.151. The normalized spacial score (nSPS) is 10.2. The van der Waals surface area contributed by atoms with Gasteiger partial charge in [0.1, 0.15) is 10.7 Å². The molecule has 0 spiro atoms. The largest absolute Gasteiger partial charge is 0.266 e. The molecule has 13 heavy (non-hydrogen) atoms. The first-order chi connectivity index (χ1) is 6.07. The standard InChI is InChI=1S/C7H2BrF2IN2/c8-6-3(1-12)5(11)4(2-13-6)7(9)10/h2,7H. The average Bonchev–Trinajstić information content (AvgIpc) is 2.04. The fourth-order valence-corrected chi connectivity index (χ4v) is 2.24. The van der Waals surface area contributed by atoms with E-state index < -0.39 is 6.43 Å². The van der Waals surface area contributed by atoms with Crippen LogP contribution in [0, 0.1) is 14.9 Å². The van der Waals surface area contributed by atoms with Crippen molar-refractivity contribution in [1.29, 1.82) is 5.26 Å². The third-order valence-corrected chi connectivity index (χ3v) is 3.11. The summed E-state index contributed by atoms with van der Waals surface area (Å²) in [5.74, 6) is 0. The van der Waals surface area contributed by atoms with Crippen LogP contribution in [0.3, 0.4) is 0 Å². The molecule has 1 rings (SSSR count). The molecule has 1 aromatic heterocycles. The maximum Gasteiger partial charge on any atom is 0.266 e. The third-order valence-electron chi connectivity index (χ3n) is 1.34. The van der Waals surface area contributed by atoms with E-state index in [0.717, 1.165) is 6.20 Å². The molecule has 0 aliphatic heterocycles. The van der Waals surface area contributed by atoms with Gasteiger partial charge >= 0.3 is 0 Å². The lowest BCUT2D eigenvalue weighted by Crippen LogP contribution is -1.96. The molecule has 0 amide bonds. The molecule has 2 nitrogen and oxygen atoms in total. The van der Waals surface area contributed by atoms with E-state index in [1.165, 1.54) is 0 Å². The van der Waals surface area contributed by atoms with Crippen LogP contribution >= 0.6 is 38.5 Å². The summed E-state index contributed by atoms with van der Waals surface area (Å²) in [6.07, 6.45) is -1.53. The van der Waals surface area contributed by atoms with Gasteiger partial charge in [-0.15, -0.1) is 0 Å². The van der Waals surface area contributed by atoms with Gasteiger partial charge in [0.2, 0.25) is 0 Å². The Morgan fingerprint density at radius 3 is 2.69 bits per heavy atom. The highest BCUT2D eigenvalue weighted by molar-refractivity contribution is 14.1. The highest BCUT2D eigenvalue weighted by atomic mass is 127. The van der Waals surface area contributed by atoms with Crippen molar-refractivity contribution in [3.05, 3.63) is 25.5 Å². The van der Waals surface area contributed by atoms with Crippen LogP contribution in [0.4, 0.5) is 8.78 Å². The summed E-state index contributed by atoms with van der Waals surface area (Å²) >= 11 is 4.72. The predicted molar refractivity (Wildman–Crippen MR) is 54.3 cm³/mol. The van der Waals surface area contributed by atoms with E-state index in [4.69, 9.17) is 5.26 Å². The lowest BCUT2D eigenvalue weighted by Gasteiger charge is -2.04. The van der Waals surface area contributed by atoms with Crippen LogP contribution in [-0.4, -0.2) is 4.98 Å². The molecule has 1 aromatic rings. The molecule has 0 saturated carbocycles. The van der Waals surface area contributed by atoms with Gasteiger partial charge in [0.05, 0.1) is 11.1 Å². The Balaban J connectivity index is 3.38. The first-order valence-electron chi connectivity index (χ1n) is 3.10. The number of aromatic nitrogens is 1. The summed E-state index contributed by atoms with van der Waals surface area (Å²) in [7, 11) is 0. The molecule has 0 aliphatic rings. The van der Waals surface area contributed by atoms with Crippen LogP contribution in [-0.2, 0) is 0 Å². The maximum absolute atomic E-state index is 12.3. The highest BCUT2D eigenvalue weighted by Gasteiger charge is 2.17. The smallest absolute Gasteiger partial charge is 0.247 e. The molecule has 0 aliphatic carbocycles. The number of rotatable bonds is 1. The molecule has 0 atom stereocenters. The van der Waals surface area contributed by atoms with Crippen molar-refractivity contribution in [3.8, 4) is 6.07 Å². The number of alkyl halides is 2. The topological polar surface area (TPSA) is 36.7 Å². The van der Waals surface area contributed by atoms with Crippen molar-refractivity contribution in [2.24, 2.45) is 0 Å². The first kappa shape index (κ1) is 10.8. The predicted octanol–water partition coefficient (Wildman–Crippen LogP) is 3.26. The van der Waals surface area contributed by atoms with Crippen molar-refractivity contribution < 1.29 is 8.78 Å². The molecule has 0 aromatic carbocycles. The second-order valence-electron chi connectivity index (χ2n) is 2.11. The van der Waals surface area contributed by atoms with E-state index in [0.29, 0.717) is 4.60 Å². The van der Waals surface area contributed by atoms with E-state index in [-0.39, 0.29) is 14.7 Å². The summed E-state index contributed by atoms with van der Waals surface area (Å²) < 4.78 is 25.2. The maximum atomic E-state index is 12.3. The summed E-state index contributed by atoms with van der Waals surface area (Å²) in [6, 6.07) is 1.81. The van der Waals surface area contributed by atoms with Gasteiger partial charge in [-0.3, -0.25) is 0 Å². The van der Waals surface area contributed by atoms with Crippen LogP contribution < -0.4 is 0 Å². The Morgan fingerprint density at radius 1 is 1.62 bits per heavy atom. The van der Waals surface area contributed by atoms with Gasteiger partial charge in [0, 0.05) is 9.77 Å². The Labute approximate surface area is 95.2 Å². The molecular weight excluding hydrogens is 357 g/mol. The van der Waals surface area contributed by atoms with Crippen molar-refractivity contribution in [2.75, 3.05) is 0 Å². The fraction of sp³-hybridized carbons (Fsp3) is 0.143. The minimum atomic E-state index is -2.60. The molecule has 0 fully saturated rings. The summed E-state index contributed by atoms with van der Waals surface area (Å²) in [4.78, 5) is 3.64. The Bertz CT molecular complexity index is 375. The van der Waals surface area contributed by atoms with Gasteiger partial charge in [-0.1, -0.05) is 0 Å². The quantitative estimate of drug-likeness (QED) is 0.570. The van der Waals surface area contributed by atoms with Gasteiger partial charge in [0.25, 0.3) is 6.43 Å². The average molecular weight is 359 g/mol. The zero-order valence-electron chi connectivity index (χ0n) is 6.06. The van der Waals surface area contributed by atoms with Gasteiger partial charge in [0.15, 0.2) is 0 Å². The molecule has 68 valence electrons. The number of halogens is 4. The van der Waals surface area contributed by atoms with Crippen molar-refractivity contribution in [1.82, 2.24) is 4.98 Å². The molecule has 0 N–H and O–H groups in total. The van der Waals surface area contributed by atoms with Gasteiger partial charge in [-0.25, -0.2) is 13.8 Å². The second kappa shape index (κ2) is 4.28. The fourth-order valence-electron chi connectivity index (χ4n) is 0.730. The van der Waals surface area contributed by atoms with Crippen molar-refractivity contribution in [2.45, 2.75) is 6.43 Å². The number of nitrogens with zero attached hydrogens (tertiary/aromatic N) is 2. The number of hydrogen-bond donors (Lipinski definition) is 0. The molecule has 0 unspecified atom stereocenters. The lowest BCUT2D eigenvalue weighted by atomic mass is 10.2. The Morgan fingerprint density at radius 2 is 2.23 bits per heavy atom. The van der Waals surface area contributed by atoms with Crippen molar-refractivity contribution in [3.63, 3.8) is 0 Å². The highest BCUT2D eigenvalue weighted by Crippen LogP contribution is 2.28. The van der Waals surface area contributed by atoms with E-state index >= 15 is 0 Å². The molecule has 0 saturated heterocycles. The summed E-state index contributed by atoms with van der Waals surface area (Å²) in [5.41, 5.74) is -0.0567. The lowest BCUT2D eigenvalue weighted by molar-refractivity contribution is 0.150. The Hall–Kier alpha value is -0.290. The van der Waals surface area contributed by atoms with Crippen LogP contribution in [0.25, 0.3) is 0 Å². The number of hydrogen-bond acceptors (Lipinski definition) is 2. The van der Waals surface area contributed by atoms with Crippen LogP contribution in [0.2, 0.25) is 0 Å². The number of pyridine rings is 1. The molecule has 6 heteroatoms. The monoisotopic (exact) mass is 358 g/mol.